The number of anilines is 3. The van der Waals surface area contributed by atoms with E-state index in [1.165, 1.54) is 49.6 Å². The van der Waals surface area contributed by atoms with Crippen LogP contribution in [0.1, 0.15) is 0 Å². The molecule has 0 saturated carbocycles. The number of benzene rings is 10. The third-order valence-corrected chi connectivity index (χ3v) is 12.4. The van der Waals surface area contributed by atoms with Crippen molar-refractivity contribution in [2.45, 2.75) is 0 Å². The number of fused-ring (bicyclic) bond motifs is 6. The van der Waals surface area contributed by atoms with Gasteiger partial charge in [-0.05, 0) is 117 Å². The maximum atomic E-state index is 6.30. The van der Waals surface area contributed by atoms with Gasteiger partial charge in [0.25, 0.3) is 0 Å². The summed E-state index contributed by atoms with van der Waals surface area (Å²) >= 11 is 0. The highest BCUT2D eigenvalue weighted by molar-refractivity contribution is 6.13. The van der Waals surface area contributed by atoms with Crippen LogP contribution in [0, 0.1) is 0 Å². The number of hydrogen-bond acceptors (Lipinski definition) is 2. The highest BCUT2D eigenvalue weighted by Gasteiger charge is 2.18. The Labute approximate surface area is 366 Å². The third kappa shape index (κ3) is 6.46. The molecule has 0 aliphatic rings. The predicted molar refractivity (Wildman–Crippen MR) is 264 cm³/mol. The van der Waals surface area contributed by atoms with Crippen molar-refractivity contribution in [3.8, 4) is 50.2 Å². The van der Waals surface area contributed by atoms with Gasteiger partial charge < -0.3 is 13.9 Å². The van der Waals surface area contributed by atoms with Gasteiger partial charge in [0, 0.05) is 44.3 Å². The lowest BCUT2D eigenvalue weighted by Crippen LogP contribution is -2.10. The van der Waals surface area contributed by atoms with Gasteiger partial charge in [0.1, 0.15) is 11.2 Å². The largest absolute Gasteiger partial charge is 0.456 e. The summed E-state index contributed by atoms with van der Waals surface area (Å²) in [6, 6.07) is 87.1. The quantitative estimate of drug-likeness (QED) is 0.153. The monoisotopic (exact) mass is 804 g/mol. The second-order valence-corrected chi connectivity index (χ2v) is 16.1. The summed E-state index contributed by atoms with van der Waals surface area (Å²) < 4.78 is 8.67. The molecule has 0 radical (unpaired) electrons. The Kier molecular flexibility index (Phi) is 8.83. The molecule has 2 aromatic heterocycles. The summed E-state index contributed by atoms with van der Waals surface area (Å²) in [5.74, 6) is 0. The molecule has 63 heavy (non-hydrogen) atoms. The molecule has 0 saturated heterocycles. The summed E-state index contributed by atoms with van der Waals surface area (Å²) in [5.41, 5.74) is 17.9. The molecule has 0 N–H and O–H groups in total. The van der Waals surface area contributed by atoms with Gasteiger partial charge in [-0.15, -0.1) is 0 Å². The first-order valence-electron chi connectivity index (χ1n) is 21.5. The Morgan fingerprint density at radius 2 is 0.778 bits per heavy atom. The van der Waals surface area contributed by atoms with E-state index in [1.54, 1.807) is 0 Å². The molecule has 296 valence electrons. The molecular formula is C60H40N2O. The fraction of sp³-hybridized carbons (Fsp3) is 0. The number of rotatable bonds is 8. The number of aromatic nitrogens is 1. The summed E-state index contributed by atoms with van der Waals surface area (Å²) in [6.07, 6.45) is 0. The Balaban J connectivity index is 0.899. The number of hydrogen-bond donors (Lipinski definition) is 0. The van der Waals surface area contributed by atoms with Crippen molar-refractivity contribution in [1.82, 2.24) is 4.57 Å². The fourth-order valence-electron chi connectivity index (χ4n) is 9.41. The van der Waals surface area contributed by atoms with Crippen molar-refractivity contribution in [2.75, 3.05) is 4.90 Å². The van der Waals surface area contributed by atoms with Gasteiger partial charge in [-0.1, -0.05) is 170 Å². The van der Waals surface area contributed by atoms with Crippen LogP contribution in [0.2, 0.25) is 0 Å². The minimum absolute atomic E-state index is 0.892. The van der Waals surface area contributed by atoms with Gasteiger partial charge in [-0.2, -0.15) is 0 Å². The number of para-hydroxylation sites is 3. The van der Waals surface area contributed by atoms with Crippen LogP contribution in [0.15, 0.2) is 247 Å². The average molecular weight is 805 g/mol. The zero-order valence-electron chi connectivity index (χ0n) is 34.4. The van der Waals surface area contributed by atoms with Gasteiger partial charge in [0.2, 0.25) is 0 Å². The summed E-state index contributed by atoms with van der Waals surface area (Å²) in [7, 11) is 0. The van der Waals surface area contributed by atoms with Gasteiger partial charge in [0.15, 0.2) is 0 Å². The number of furan rings is 1. The van der Waals surface area contributed by atoms with E-state index < -0.39 is 0 Å². The van der Waals surface area contributed by atoms with Crippen LogP contribution < -0.4 is 4.90 Å². The molecule has 3 heteroatoms. The topological polar surface area (TPSA) is 21.3 Å². The van der Waals surface area contributed by atoms with Crippen LogP contribution in [0.25, 0.3) is 93.9 Å². The second-order valence-electron chi connectivity index (χ2n) is 16.1. The zero-order chi connectivity index (χ0) is 41.7. The molecule has 10 aromatic carbocycles. The van der Waals surface area contributed by atoms with Crippen molar-refractivity contribution in [3.05, 3.63) is 243 Å². The van der Waals surface area contributed by atoms with Gasteiger partial charge >= 0.3 is 0 Å². The van der Waals surface area contributed by atoms with Crippen LogP contribution in [-0.4, -0.2) is 4.57 Å². The van der Waals surface area contributed by atoms with E-state index in [4.69, 9.17) is 4.42 Å². The molecule has 2 heterocycles. The molecule has 3 nitrogen and oxygen atoms in total. The van der Waals surface area contributed by atoms with Crippen LogP contribution in [0.4, 0.5) is 17.1 Å². The summed E-state index contributed by atoms with van der Waals surface area (Å²) in [5, 5.41) is 4.79. The molecule has 0 fully saturated rings. The zero-order valence-corrected chi connectivity index (χ0v) is 34.4. The molecule has 0 bridgehead atoms. The van der Waals surface area contributed by atoms with E-state index in [0.29, 0.717) is 0 Å². The maximum absolute atomic E-state index is 6.30. The molecular weight excluding hydrogens is 765 g/mol. The average Bonchev–Trinajstić information content (AvgIpc) is 3.91. The van der Waals surface area contributed by atoms with E-state index in [2.05, 4.69) is 240 Å². The van der Waals surface area contributed by atoms with Crippen molar-refractivity contribution in [1.29, 1.82) is 0 Å². The minimum Gasteiger partial charge on any atom is -0.456 e. The highest BCUT2D eigenvalue weighted by Crippen LogP contribution is 2.42. The van der Waals surface area contributed by atoms with E-state index >= 15 is 0 Å². The van der Waals surface area contributed by atoms with E-state index in [-0.39, 0.29) is 0 Å². The van der Waals surface area contributed by atoms with Gasteiger partial charge in [-0.3, -0.25) is 0 Å². The van der Waals surface area contributed by atoms with Crippen molar-refractivity contribution in [3.63, 3.8) is 0 Å². The number of nitrogens with zero attached hydrogens (tertiary/aromatic N) is 2. The Morgan fingerprint density at radius 1 is 0.302 bits per heavy atom. The lowest BCUT2D eigenvalue weighted by molar-refractivity contribution is 0.669. The van der Waals surface area contributed by atoms with Crippen molar-refractivity contribution < 1.29 is 4.42 Å². The SMILES string of the molecule is c1ccc(-c2cccc(N(c3ccc(-c4ccc(-c5cccc(-n6c7ccccc7c7ccccc76)c5)cc4)cc3)c3cccc(-c4cccc5oc6ccccc6c45)c3)c2)cc1. The lowest BCUT2D eigenvalue weighted by atomic mass is 9.98. The second kappa shape index (κ2) is 15.3. The molecule has 0 amide bonds. The molecule has 0 unspecified atom stereocenters. The molecule has 0 aliphatic carbocycles. The Morgan fingerprint density at radius 3 is 1.48 bits per heavy atom. The first-order valence-corrected chi connectivity index (χ1v) is 21.5. The van der Waals surface area contributed by atoms with Crippen molar-refractivity contribution >= 4 is 60.8 Å². The lowest BCUT2D eigenvalue weighted by Gasteiger charge is -2.27. The first kappa shape index (κ1) is 36.5. The maximum Gasteiger partial charge on any atom is 0.136 e. The Bertz CT molecular complexity index is 3560. The van der Waals surface area contributed by atoms with Crippen LogP contribution >= 0.6 is 0 Å². The molecule has 12 rings (SSSR count). The first-order chi connectivity index (χ1) is 31.2. The van der Waals surface area contributed by atoms with E-state index in [0.717, 1.165) is 61.4 Å². The normalized spacial score (nSPS) is 11.5. The van der Waals surface area contributed by atoms with Crippen LogP contribution in [-0.2, 0) is 0 Å². The summed E-state index contributed by atoms with van der Waals surface area (Å²) in [6.45, 7) is 0. The minimum atomic E-state index is 0.892. The van der Waals surface area contributed by atoms with Gasteiger partial charge in [0.05, 0.1) is 11.0 Å². The molecule has 0 aliphatic heterocycles. The van der Waals surface area contributed by atoms with Crippen molar-refractivity contribution in [2.24, 2.45) is 0 Å². The third-order valence-electron chi connectivity index (χ3n) is 12.4. The molecule has 0 atom stereocenters. The summed E-state index contributed by atoms with van der Waals surface area (Å²) in [4.78, 5) is 2.36. The van der Waals surface area contributed by atoms with E-state index in [9.17, 15) is 0 Å². The Hall–Kier alpha value is -8.40. The van der Waals surface area contributed by atoms with Gasteiger partial charge in [-0.25, -0.2) is 0 Å². The smallest absolute Gasteiger partial charge is 0.136 e. The fourth-order valence-corrected chi connectivity index (χ4v) is 9.41. The molecule has 12 aromatic rings. The molecule has 0 spiro atoms. The van der Waals surface area contributed by atoms with Crippen LogP contribution in [0.3, 0.4) is 0 Å². The highest BCUT2D eigenvalue weighted by atomic mass is 16.3. The standard InChI is InChI=1S/C60H40N2O/c1-2-14-41(15-3-1)45-16-10-19-49(38-45)61(50-20-12-18-47(40-50)52-25-13-29-59-60(52)55-24-6-9-28-58(55)63-59)48-36-34-43(35-37-48)42-30-32-44(33-31-42)46-17-11-21-51(39-46)62-56-26-7-4-22-53(56)54-23-5-8-27-57(54)62/h1-40H. The van der Waals surface area contributed by atoms with Crippen LogP contribution in [0.5, 0.6) is 0 Å². The van der Waals surface area contributed by atoms with E-state index in [1.807, 2.05) is 12.1 Å². The predicted octanol–water partition coefficient (Wildman–Crippen LogP) is 16.8.